The number of nitrogens with zero attached hydrogens (tertiary/aromatic N) is 5. The van der Waals surface area contributed by atoms with Crippen molar-refractivity contribution in [1.29, 1.82) is 0 Å². The van der Waals surface area contributed by atoms with Crippen LogP contribution in [-0.2, 0) is 6.42 Å². The lowest BCUT2D eigenvalue weighted by atomic mass is 10.2. The van der Waals surface area contributed by atoms with Gasteiger partial charge in [0.15, 0.2) is 5.65 Å². The highest BCUT2D eigenvalue weighted by molar-refractivity contribution is 5.72. The first-order chi connectivity index (χ1) is 14.3. The van der Waals surface area contributed by atoms with E-state index in [2.05, 4.69) is 39.3 Å². The number of hydrogen-bond donors (Lipinski definition) is 1. The fraction of sp³-hybridized carbons (Fsp3) is 0.455. The summed E-state index contributed by atoms with van der Waals surface area (Å²) in [4.78, 5) is 10.0. The molecule has 0 amide bonds. The minimum Gasteiger partial charge on any atom is -0.494 e. The summed E-state index contributed by atoms with van der Waals surface area (Å²) >= 11 is 0. The van der Waals surface area contributed by atoms with Crippen molar-refractivity contribution < 1.29 is 4.74 Å². The van der Waals surface area contributed by atoms with Crippen molar-refractivity contribution in [2.75, 3.05) is 43.0 Å². The molecule has 3 aromatic rings. The predicted molar refractivity (Wildman–Crippen MR) is 115 cm³/mol. The first-order valence-electron chi connectivity index (χ1n) is 10.6. The predicted octanol–water partition coefficient (Wildman–Crippen LogP) is 3.33. The highest BCUT2D eigenvalue weighted by Gasteiger charge is 2.34. The first kappa shape index (κ1) is 18.2. The number of nitrogens with one attached hydrogen (secondary N) is 1. The molecule has 1 saturated heterocycles. The zero-order valence-corrected chi connectivity index (χ0v) is 17.1. The van der Waals surface area contributed by atoms with Crippen molar-refractivity contribution >= 4 is 23.0 Å². The maximum atomic E-state index is 5.57. The molecular formula is C22H28N6O. The lowest BCUT2D eigenvalue weighted by Crippen LogP contribution is -2.36. The Morgan fingerprint density at radius 3 is 2.76 bits per heavy atom. The van der Waals surface area contributed by atoms with Crippen LogP contribution >= 0.6 is 0 Å². The molecule has 2 aliphatic rings. The summed E-state index contributed by atoms with van der Waals surface area (Å²) in [6, 6.07) is 10.6. The van der Waals surface area contributed by atoms with E-state index in [1.54, 1.807) is 0 Å². The highest BCUT2D eigenvalue weighted by atomic mass is 16.5. The number of rotatable bonds is 6. The minimum atomic E-state index is 0.549. The molecule has 29 heavy (non-hydrogen) atoms. The number of ether oxygens (including phenoxy) is 1. The summed E-state index contributed by atoms with van der Waals surface area (Å²) in [6.07, 6.45) is 4.01. The van der Waals surface area contributed by atoms with E-state index >= 15 is 0 Å². The molecule has 1 atom stereocenters. The van der Waals surface area contributed by atoms with Gasteiger partial charge in [0.05, 0.1) is 12.8 Å². The lowest BCUT2D eigenvalue weighted by Gasteiger charge is -2.26. The molecule has 0 radical (unpaired) electrons. The average molecular weight is 393 g/mol. The van der Waals surface area contributed by atoms with Crippen molar-refractivity contribution in [3.8, 4) is 5.75 Å². The Labute approximate surface area is 171 Å². The standard InChI is InChI=1S/C22H28N6O/c1-3-26-13-10-17(15-26)27-14-11-19-21(27)25-20-9-12-23-28(20)22(19)24-16-5-7-18(8-6-16)29-4-2/h5-9,12,17,24H,3-4,10-11,13-15H2,1-2H3. The van der Waals surface area contributed by atoms with Crippen LogP contribution in [0, 0.1) is 0 Å². The molecule has 5 rings (SSSR count). The molecule has 152 valence electrons. The zero-order valence-electron chi connectivity index (χ0n) is 17.1. The Morgan fingerprint density at radius 1 is 1.14 bits per heavy atom. The third-order valence-corrected chi connectivity index (χ3v) is 6.05. The van der Waals surface area contributed by atoms with E-state index in [1.165, 1.54) is 18.5 Å². The Balaban J connectivity index is 1.49. The van der Waals surface area contributed by atoms with Gasteiger partial charge in [0.25, 0.3) is 0 Å². The molecule has 7 heteroatoms. The largest absolute Gasteiger partial charge is 0.494 e. The van der Waals surface area contributed by atoms with Gasteiger partial charge in [-0.1, -0.05) is 6.92 Å². The second-order valence-electron chi connectivity index (χ2n) is 7.73. The van der Waals surface area contributed by atoms with Gasteiger partial charge in [-0.3, -0.25) is 0 Å². The van der Waals surface area contributed by atoms with Gasteiger partial charge in [-0.25, -0.2) is 4.98 Å². The van der Waals surface area contributed by atoms with E-state index in [0.29, 0.717) is 12.6 Å². The van der Waals surface area contributed by atoms with Crippen LogP contribution < -0.4 is 15.0 Å². The number of hydrogen-bond acceptors (Lipinski definition) is 6. The molecule has 4 heterocycles. The number of benzene rings is 1. The highest BCUT2D eigenvalue weighted by Crippen LogP contribution is 2.37. The van der Waals surface area contributed by atoms with E-state index in [1.807, 2.05) is 35.8 Å². The van der Waals surface area contributed by atoms with E-state index in [4.69, 9.17) is 9.72 Å². The summed E-state index contributed by atoms with van der Waals surface area (Å²) in [5.74, 6) is 3.02. The molecule has 0 bridgehead atoms. The summed E-state index contributed by atoms with van der Waals surface area (Å²) in [5, 5.41) is 8.13. The molecule has 0 spiro atoms. The third-order valence-electron chi connectivity index (χ3n) is 6.05. The Bertz CT molecular complexity index is 998. The van der Waals surface area contributed by atoms with Crippen LogP contribution in [0.3, 0.4) is 0 Å². The topological polar surface area (TPSA) is 57.9 Å². The van der Waals surface area contributed by atoms with Gasteiger partial charge >= 0.3 is 0 Å². The number of aromatic nitrogens is 3. The smallest absolute Gasteiger partial charge is 0.159 e. The van der Waals surface area contributed by atoms with E-state index in [0.717, 1.165) is 54.8 Å². The van der Waals surface area contributed by atoms with Crippen molar-refractivity contribution in [3.05, 3.63) is 42.1 Å². The molecule has 2 aliphatic heterocycles. The van der Waals surface area contributed by atoms with Crippen LogP contribution in [0.1, 0.15) is 25.8 Å². The third kappa shape index (κ3) is 3.29. The number of likely N-dealkylation sites (tertiary alicyclic amines) is 1. The van der Waals surface area contributed by atoms with Gasteiger partial charge in [-0.15, -0.1) is 0 Å². The van der Waals surface area contributed by atoms with Crippen molar-refractivity contribution in [2.45, 2.75) is 32.7 Å². The molecule has 7 nitrogen and oxygen atoms in total. The van der Waals surface area contributed by atoms with Gasteiger partial charge in [0, 0.05) is 43.0 Å². The Hall–Kier alpha value is -2.80. The normalized spacial score (nSPS) is 19.1. The average Bonchev–Trinajstić information content (AvgIpc) is 3.48. The van der Waals surface area contributed by atoms with Gasteiger partial charge in [-0.2, -0.15) is 9.61 Å². The fourth-order valence-corrected chi connectivity index (χ4v) is 4.54. The van der Waals surface area contributed by atoms with Crippen LogP contribution in [-0.4, -0.2) is 58.3 Å². The van der Waals surface area contributed by atoms with Gasteiger partial charge < -0.3 is 19.9 Å². The summed E-state index contributed by atoms with van der Waals surface area (Å²) in [5.41, 5.74) is 3.16. The number of likely N-dealkylation sites (N-methyl/N-ethyl adjacent to an activating group) is 1. The summed E-state index contributed by atoms with van der Waals surface area (Å²) in [7, 11) is 0. The Kier molecular flexibility index (Phi) is 4.75. The molecule has 1 unspecified atom stereocenters. The molecule has 0 aliphatic carbocycles. The van der Waals surface area contributed by atoms with Crippen LogP contribution in [0.5, 0.6) is 5.75 Å². The molecular weight excluding hydrogens is 364 g/mol. The monoisotopic (exact) mass is 392 g/mol. The Morgan fingerprint density at radius 2 is 2.00 bits per heavy atom. The van der Waals surface area contributed by atoms with Crippen LogP contribution in [0.25, 0.3) is 5.65 Å². The second-order valence-corrected chi connectivity index (χ2v) is 7.73. The molecule has 1 aromatic carbocycles. The number of fused-ring (bicyclic) bond motifs is 2. The van der Waals surface area contributed by atoms with Crippen molar-refractivity contribution in [1.82, 2.24) is 19.5 Å². The van der Waals surface area contributed by atoms with E-state index < -0.39 is 0 Å². The quantitative estimate of drug-likeness (QED) is 0.694. The molecule has 1 N–H and O–H groups in total. The van der Waals surface area contributed by atoms with Crippen molar-refractivity contribution in [3.63, 3.8) is 0 Å². The maximum Gasteiger partial charge on any atom is 0.159 e. The van der Waals surface area contributed by atoms with Gasteiger partial charge in [-0.05, 0) is 50.6 Å². The fourth-order valence-electron chi connectivity index (χ4n) is 4.54. The van der Waals surface area contributed by atoms with Crippen LogP contribution in [0.15, 0.2) is 36.5 Å². The molecule has 0 saturated carbocycles. The SMILES string of the molecule is CCOc1ccc(Nc2c3c(nc4ccnn24)N(C2CCN(CC)C2)CC3)cc1. The minimum absolute atomic E-state index is 0.549. The van der Waals surface area contributed by atoms with Crippen LogP contribution in [0.2, 0.25) is 0 Å². The second kappa shape index (κ2) is 7.55. The van der Waals surface area contributed by atoms with Gasteiger partial charge in [0.2, 0.25) is 0 Å². The molecule has 1 fully saturated rings. The summed E-state index contributed by atoms with van der Waals surface area (Å²) < 4.78 is 7.49. The van der Waals surface area contributed by atoms with E-state index in [9.17, 15) is 0 Å². The number of anilines is 3. The molecule has 2 aromatic heterocycles. The van der Waals surface area contributed by atoms with Crippen molar-refractivity contribution in [2.24, 2.45) is 0 Å². The first-order valence-corrected chi connectivity index (χ1v) is 10.6. The zero-order chi connectivity index (χ0) is 19.8. The summed E-state index contributed by atoms with van der Waals surface area (Å²) in [6.45, 7) is 9.37. The maximum absolute atomic E-state index is 5.57. The van der Waals surface area contributed by atoms with Crippen LogP contribution in [0.4, 0.5) is 17.3 Å². The van der Waals surface area contributed by atoms with E-state index in [-0.39, 0.29) is 0 Å². The lowest BCUT2D eigenvalue weighted by molar-refractivity contribution is 0.340. The van der Waals surface area contributed by atoms with Gasteiger partial charge in [0.1, 0.15) is 17.4 Å².